The third kappa shape index (κ3) is 3.40. The van der Waals surface area contributed by atoms with Crippen molar-refractivity contribution in [2.24, 2.45) is 5.92 Å². The Morgan fingerprint density at radius 3 is 2.75 bits per heavy atom. The van der Waals surface area contributed by atoms with Crippen molar-refractivity contribution < 1.29 is 13.2 Å². The molecule has 1 fully saturated rings. The van der Waals surface area contributed by atoms with E-state index in [2.05, 4.69) is 15.0 Å². The van der Waals surface area contributed by atoms with Crippen LogP contribution in [0.25, 0.3) is 0 Å². The number of anilines is 2. The second-order valence-electron chi connectivity index (χ2n) is 4.62. The van der Waals surface area contributed by atoms with Crippen LogP contribution in [0.4, 0.5) is 10.8 Å². The average molecular weight is 318 g/mol. The summed E-state index contributed by atoms with van der Waals surface area (Å²) in [6.07, 6.45) is 1.92. The minimum atomic E-state index is -3.40. The van der Waals surface area contributed by atoms with Crippen LogP contribution in [-0.2, 0) is 14.6 Å². The van der Waals surface area contributed by atoms with Gasteiger partial charge >= 0.3 is 0 Å². The summed E-state index contributed by atoms with van der Waals surface area (Å²) in [6, 6.07) is 0. The normalized spacial score (nSPS) is 15.1. The summed E-state index contributed by atoms with van der Waals surface area (Å²) < 4.78 is 27.7. The average Bonchev–Trinajstić information content (AvgIpc) is 3.18. The van der Waals surface area contributed by atoms with Crippen LogP contribution in [0.1, 0.15) is 19.8 Å². The first-order valence-corrected chi connectivity index (χ1v) is 8.87. The van der Waals surface area contributed by atoms with Gasteiger partial charge < -0.3 is 16.4 Å². The molecule has 1 aliphatic rings. The fourth-order valence-corrected chi connectivity index (χ4v) is 3.90. The van der Waals surface area contributed by atoms with E-state index in [0.29, 0.717) is 18.1 Å². The van der Waals surface area contributed by atoms with Gasteiger partial charge in [0.25, 0.3) is 0 Å². The lowest BCUT2D eigenvalue weighted by Gasteiger charge is -2.08. The van der Waals surface area contributed by atoms with Crippen LogP contribution in [0.3, 0.4) is 0 Å². The lowest BCUT2D eigenvalue weighted by Crippen LogP contribution is -2.29. The lowest BCUT2D eigenvalue weighted by molar-refractivity contribution is -0.122. The van der Waals surface area contributed by atoms with Gasteiger partial charge in [-0.2, -0.15) is 4.37 Å². The molecule has 0 saturated heterocycles. The van der Waals surface area contributed by atoms with Gasteiger partial charge in [0.05, 0.1) is 5.75 Å². The highest BCUT2D eigenvalue weighted by Crippen LogP contribution is 2.32. The maximum Gasteiger partial charge on any atom is 0.223 e. The van der Waals surface area contributed by atoms with Gasteiger partial charge in [0, 0.05) is 19.0 Å². The van der Waals surface area contributed by atoms with Crippen LogP contribution in [-0.4, -0.2) is 37.5 Å². The van der Waals surface area contributed by atoms with E-state index < -0.39 is 9.84 Å². The Bertz CT molecular complexity index is 593. The number of nitrogens with zero attached hydrogens (tertiary/aromatic N) is 1. The van der Waals surface area contributed by atoms with Crippen molar-refractivity contribution in [2.75, 3.05) is 29.9 Å². The molecule has 9 heteroatoms. The Hall–Kier alpha value is -1.35. The number of hydrogen-bond acceptors (Lipinski definition) is 7. The second kappa shape index (κ2) is 5.96. The van der Waals surface area contributed by atoms with E-state index in [1.54, 1.807) is 6.92 Å². The first kappa shape index (κ1) is 15.0. The summed E-state index contributed by atoms with van der Waals surface area (Å²) in [7, 11) is -3.40. The van der Waals surface area contributed by atoms with E-state index in [4.69, 9.17) is 5.73 Å². The van der Waals surface area contributed by atoms with Crippen LogP contribution in [0.15, 0.2) is 4.90 Å². The topological polar surface area (TPSA) is 114 Å². The molecule has 0 radical (unpaired) electrons. The molecule has 20 heavy (non-hydrogen) atoms. The molecule has 4 N–H and O–H groups in total. The highest BCUT2D eigenvalue weighted by atomic mass is 32.2. The second-order valence-corrected chi connectivity index (χ2v) is 7.61. The molecule has 7 nitrogen and oxygen atoms in total. The standard InChI is InChI=1S/C11H18N4O3S2/c1-2-20(17,18)8-9(12)15-19-11(8)14-6-5-13-10(16)7-3-4-7/h7,14H,2-6H2,1H3,(H2,12,15)(H,13,16). The van der Waals surface area contributed by atoms with Gasteiger partial charge in [-0.15, -0.1) is 0 Å². The summed E-state index contributed by atoms with van der Waals surface area (Å²) in [5.74, 6) is 0.242. The molecule has 112 valence electrons. The quantitative estimate of drug-likeness (QED) is 0.629. The van der Waals surface area contributed by atoms with Crippen LogP contribution in [0, 0.1) is 5.92 Å². The molecule has 0 bridgehead atoms. The molecule has 1 aliphatic carbocycles. The first-order chi connectivity index (χ1) is 9.45. The molecular formula is C11H18N4O3S2. The van der Waals surface area contributed by atoms with Crippen molar-refractivity contribution in [2.45, 2.75) is 24.7 Å². The Labute approximate surface area is 122 Å². The number of hydrogen-bond donors (Lipinski definition) is 3. The monoisotopic (exact) mass is 318 g/mol. The Kier molecular flexibility index (Phi) is 4.48. The van der Waals surface area contributed by atoms with Crippen molar-refractivity contribution in [3.8, 4) is 0 Å². The van der Waals surface area contributed by atoms with Gasteiger partial charge in [-0.1, -0.05) is 6.92 Å². The lowest BCUT2D eigenvalue weighted by atomic mass is 10.4. The fourth-order valence-electron chi connectivity index (χ4n) is 1.70. The largest absolute Gasteiger partial charge is 0.382 e. The minimum absolute atomic E-state index is 0.0251. The van der Waals surface area contributed by atoms with Gasteiger partial charge in [-0.05, 0) is 24.4 Å². The molecule has 1 aromatic heterocycles. The predicted molar refractivity (Wildman–Crippen MR) is 78.5 cm³/mol. The van der Waals surface area contributed by atoms with Crippen molar-refractivity contribution in [1.82, 2.24) is 9.69 Å². The van der Waals surface area contributed by atoms with Crippen molar-refractivity contribution in [3.63, 3.8) is 0 Å². The number of carbonyl (C=O) groups is 1. The summed E-state index contributed by atoms with van der Waals surface area (Å²) in [5.41, 5.74) is 5.61. The summed E-state index contributed by atoms with van der Waals surface area (Å²) in [4.78, 5) is 11.5. The number of nitrogen functional groups attached to an aromatic ring is 1. The van der Waals surface area contributed by atoms with Crippen molar-refractivity contribution >= 4 is 38.1 Å². The zero-order chi connectivity index (χ0) is 14.8. The molecule has 1 heterocycles. The smallest absolute Gasteiger partial charge is 0.223 e. The summed E-state index contributed by atoms with van der Waals surface area (Å²) >= 11 is 1.02. The number of amides is 1. The number of nitrogens with two attached hydrogens (primary N) is 1. The minimum Gasteiger partial charge on any atom is -0.382 e. The molecular weight excluding hydrogens is 300 g/mol. The van der Waals surface area contributed by atoms with Crippen LogP contribution < -0.4 is 16.4 Å². The van der Waals surface area contributed by atoms with Gasteiger partial charge in [-0.25, -0.2) is 8.42 Å². The van der Waals surface area contributed by atoms with E-state index >= 15 is 0 Å². The summed E-state index contributed by atoms with van der Waals surface area (Å²) in [5, 5.41) is 6.20. The molecule has 1 amide bonds. The highest BCUT2D eigenvalue weighted by Gasteiger charge is 2.29. The zero-order valence-electron chi connectivity index (χ0n) is 11.2. The summed E-state index contributed by atoms with van der Waals surface area (Å²) in [6.45, 7) is 2.44. The Morgan fingerprint density at radius 1 is 1.45 bits per heavy atom. The highest BCUT2D eigenvalue weighted by molar-refractivity contribution is 7.91. The first-order valence-electron chi connectivity index (χ1n) is 6.45. The molecule has 2 rings (SSSR count). The fraction of sp³-hybridized carbons (Fsp3) is 0.636. The van der Waals surface area contributed by atoms with Crippen molar-refractivity contribution in [3.05, 3.63) is 0 Å². The van der Waals surface area contributed by atoms with Gasteiger partial charge in [0.15, 0.2) is 15.7 Å². The van der Waals surface area contributed by atoms with Crippen LogP contribution in [0.2, 0.25) is 0 Å². The van der Waals surface area contributed by atoms with E-state index in [-0.39, 0.29) is 28.3 Å². The van der Waals surface area contributed by atoms with Gasteiger partial charge in [0.2, 0.25) is 5.91 Å². The molecule has 1 aromatic rings. The molecule has 0 unspecified atom stereocenters. The van der Waals surface area contributed by atoms with Gasteiger partial charge in [-0.3, -0.25) is 4.79 Å². The third-order valence-corrected chi connectivity index (χ3v) is 5.77. The Balaban J connectivity index is 1.91. The van der Waals surface area contributed by atoms with E-state index in [1.807, 2.05) is 0 Å². The zero-order valence-corrected chi connectivity index (χ0v) is 12.8. The number of rotatable bonds is 7. The number of nitrogens with one attached hydrogen (secondary N) is 2. The van der Waals surface area contributed by atoms with E-state index in [1.165, 1.54) is 0 Å². The number of aromatic nitrogens is 1. The molecule has 0 atom stereocenters. The number of carbonyl (C=O) groups excluding carboxylic acids is 1. The molecule has 1 saturated carbocycles. The molecule has 0 aliphatic heterocycles. The maximum atomic E-state index is 11.9. The Morgan fingerprint density at radius 2 is 2.15 bits per heavy atom. The van der Waals surface area contributed by atoms with E-state index in [0.717, 1.165) is 24.4 Å². The number of sulfone groups is 1. The predicted octanol–water partition coefficient (Wildman–Crippen LogP) is 0.457. The van der Waals surface area contributed by atoms with E-state index in [9.17, 15) is 13.2 Å². The van der Waals surface area contributed by atoms with Crippen LogP contribution >= 0.6 is 11.5 Å². The van der Waals surface area contributed by atoms with Crippen LogP contribution in [0.5, 0.6) is 0 Å². The SMILES string of the molecule is CCS(=O)(=O)c1c(N)nsc1NCCNC(=O)C1CC1. The van der Waals surface area contributed by atoms with Crippen molar-refractivity contribution in [1.29, 1.82) is 0 Å². The van der Waals surface area contributed by atoms with Gasteiger partial charge in [0.1, 0.15) is 9.90 Å². The maximum absolute atomic E-state index is 11.9. The third-order valence-electron chi connectivity index (χ3n) is 3.02. The molecule has 0 aromatic carbocycles. The molecule has 0 spiro atoms.